The van der Waals surface area contributed by atoms with Crippen molar-refractivity contribution >= 4 is 12.4 Å². The average molecular weight is 189 g/mol. The van der Waals surface area contributed by atoms with E-state index in [1.54, 1.807) is 13.8 Å². The smallest absolute Gasteiger partial charge is 0.331 e. The van der Waals surface area contributed by atoms with E-state index in [9.17, 15) is 14.7 Å². The van der Waals surface area contributed by atoms with Crippen LogP contribution in [0, 0.1) is 0 Å². The molecule has 0 aromatic carbocycles. The summed E-state index contributed by atoms with van der Waals surface area (Å²) in [5.74, 6) is -0.607. The highest BCUT2D eigenvalue weighted by atomic mass is 16.5. The Labute approximate surface area is 77.1 Å². The minimum atomic E-state index is -0.956. The van der Waals surface area contributed by atoms with Gasteiger partial charge in [0.2, 0.25) is 6.41 Å². The Hall–Kier alpha value is -1.10. The van der Waals surface area contributed by atoms with Crippen LogP contribution in [-0.2, 0) is 14.3 Å². The first kappa shape index (κ1) is 11.9. The third-order valence-corrected chi connectivity index (χ3v) is 1.59. The molecule has 0 aromatic heterocycles. The Kier molecular flexibility index (Phi) is 5.88. The molecule has 0 spiro atoms. The summed E-state index contributed by atoms with van der Waals surface area (Å²) >= 11 is 0. The summed E-state index contributed by atoms with van der Waals surface area (Å²) < 4.78 is 4.66. The van der Waals surface area contributed by atoms with Gasteiger partial charge in [-0.15, -0.1) is 0 Å². The minimum absolute atomic E-state index is 0.228. The van der Waals surface area contributed by atoms with Gasteiger partial charge in [0.25, 0.3) is 0 Å². The topological polar surface area (TPSA) is 75.6 Å². The maximum atomic E-state index is 11.1. The predicted molar refractivity (Wildman–Crippen MR) is 45.9 cm³/mol. The molecule has 0 bridgehead atoms. The van der Waals surface area contributed by atoms with Gasteiger partial charge in [0, 0.05) is 0 Å². The van der Waals surface area contributed by atoms with Gasteiger partial charge >= 0.3 is 5.97 Å². The molecule has 2 atom stereocenters. The SMILES string of the molecule is CCOC(=O)C(NC=O)C(O)CC. The van der Waals surface area contributed by atoms with Crippen molar-refractivity contribution in [2.24, 2.45) is 0 Å². The standard InChI is InChI=1S/C8H15NO4/c1-3-6(11)7(9-5-10)8(12)13-4-2/h5-7,11H,3-4H2,1-2H3,(H,9,10). The van der Waals surface area contributed by atoms with E-state index in [1.807, 2.05) is 0 Å². The number of carbonyl (C=O) groups is 2. The molecule has 0 saturated heterocycles. The second kappa shape index (κ2) is 6.42. The monoisotopic (exact) mass is 189 g/mol. The van der Waals surface area contributed by atoms with Gasteiger partial charge in [-0.1, -0.05) is 6.92 Å². The van der Waals surface area contributed by atoms with Crippen molar-refractivity contribution in [1.82, 2.24) is 5.32 Å². The first-order chi connectivity index (χ1) is 6.17. The normalized spacial score (nSPS) is 14.4. The number of esters is 1. The summed E-state index contributed by atoms with van der Waals surface area (Å²) in [7, 11) is 0. The molecule has 0 aliphatic rings. The lowest BCUT2D eigenvalue weighted by molar-refractivity contribution is -0.149. The third-order valence-electron chi connectivity index (χ3n) is 1.59. The molecule has 1 amide bonds. The number of nitrogens with one attached hydrogen (secondary N) is 1. The Morgan fingerprint density at radius 2 is 2.23 bits per heavy atom. The molecule has 0 aromatic rings. The fourth-order valence-corrected chi connectivity index (χ4v) is 0.877. The lowest BCUT2D eigenvalue weighted by Gasteiger charge is -2.18. The van der Waals surface area contributed by atoms with Gasteiger partial charge in [-0.05, 0) is 13.3 Å². The molecule has 0 aliphatic heterocycles. The van der Waals surface area contributed by atoms with E-state index in [0.717, 1.165) is 0 Å². The number of rotatable bonds is 6. The van der Waals surface area contributed by atoms with Gasteiger partial charge in [0.15, 0.2) is 6.04 Å². The number of carbonyl (C=O) groups excluding carboxylic acids is 2. The van der Waals surface area contributed by atoms with Gasteiger partial charge in [-0.3, -0.25) is 4.79 Å². The van der Waals surface area contributed by atoms with Crippen molar-refractivity contribution in [3.05, 3.63) is 0 Å². The number of hydrogen-bond donors (Lipinski definition) is 2. The highest BCUT2D eigenvalue weighted by Crippen LogP contribution is 2.00. The molecule has 0 heterocycles. The number of aliphatic hydroxyl groups is 1. The highest BCUT2D eigenvalue weighted by Gasteiger charge is 2.25. The van der Waals surface area contributed by atoms with Crippen molar-refractivity contribution in [3.63, 3.8) is 0 Å². The molecule has 0 saturated carbocycles. The lowest BCUT2D eigenvalue weighted by atomic mass is 10.1. The van der Waals surface area contributed by atoms with Crippen LogP contribution in [-0.4, -0.2) is 36.2 Å². The Balaban J connectivity index is 4.21. The van der Waals surface area contributed by atoms with Gasteiger partial charge in [0.05, 0.1) is 12.7 Å². The number of aliphatic hydroxyl groups excluding tert-OH is 1. The van der Waals surface area contributed by atoms with Crippen LogP contribution in [0.2, 0.25) is 0 Å². The summed E-state index contributed by atoms with van der Waals surface area (Å²) in [4.78, 5) is 21.2. The van der Waals surface area contributed by atoms with E-state index in [1.165, 1.54) is 0 Å². The largest absolute Gasteiger partial charge is 0.464 e. The number of ether oxygens (including phenoxy) is 1. The van der Waals surface area contributed by atoms with Crippen molar-refractivity contribution in [2.75, 3.05) is 6.61 Å². The lowest BCUT2D eigenvalue weighted by Crippen LogP contribution is -2.46. The molecule has 2 N–H and O–H groups in total. The van der Waals surface area contributed by atoms with Crippen molar-refractivity contribution in [2.45, 2.75) is 32.4 Å². The van der Waals surface area contributed by atoms with Crippen molar-refractivity contribution in [3.8, 4) is 0 Å². The maximum absolute atomic E-state index is 11.1. The number of hydrogen-bond acceptors (Lipinski definition) is 4. The molecular formula is C8H15NO4. The number of amides is 1. The van der Waals surface area contributed by atoms with Crippen LogP contribution in [0.25, 0.3) is 0 Å². The van der Waals surface area contributed by atoms with Crippen molar-refractivity contribution in [1.29, 1.82) is 0 Å². The van der Waals surface area contributed by atoms with Gasteiger partial charge in [-0.2, -0.15) is 0 Å². The Bertz CT molecular complexity index is 172. The third kappa shape index (κ3) is 3.89. The van der Waals surface area contributed by atoms with Crippen LogP contribution in [0.1, 0.15) is 20.3 Å². The second-order valence-corrected chi connectivity index (χ2v) is 2.49. The predicted octanol–water partition coefficient (Wildman–Crippen LogP) is -0.565. The average Bonchev–Trinajstić information content (AvgIpc) is 2.13. The molecular weight excluding hydrogens is 174 g/mol. The van der Waals surface area contributed by atoms with Crippen LogP contribution < -0.4 is 5.32 Å². The van der Waals surface area contributed by atoms with Crippen LogP contribution in [0.15, 0.2) is 0 Å². The molecule has 5 heteroatoms. The molecule has 5 nitrogen and oxygen atoms in total. The molecule has 0 fully saturated rings. The molecule has 13 heavy (non-hydrogen) atoms. The Morgan fingerprint density at radius 1 is 1.62 bits per heavy atom. The molecule has 0 aliphatic carbocycles. The zero-order valence-electron chi connectivity index (χ0n) is 7.82. The second-order valence-electron chi connectivity index (χ2n) is 2.49. The first-order valence-electron chi connectivity index (χ1n) is 4.21. The summed E-state index contributed by atoms with van der Waals surface area (Å²) in [5.41, 5.74) is 0. The van der Waals surface area contributed by atoms with E-state index in [4.69, 9.17) is 0 Å². The van der Waals surface area contributed by atoms with E-state index in [2.05, 4.69) is 10.1 Å². The maximum Gasteiger partial charge on any atom is 0.331 e. The van der Waals surface area contributed by atoms with Gasteiger partial charge in [-0.25, -0.2) is 4.79 Å². The van der Waals surface area contributed by atoms with Crippen LogP contribution in [0.3, 0.4) is 0 Å². The summed E-state index contributed by atoms with van der Waals surface area (Å²) in [5, 5.41) is 11.5. The van der Waals surface area contributed by atoms with Crippen molar-refractivity contribution < 1.29 is 19.4 Å². The molecule has 0 rings (SSSR count). The molecule has 2 unspecified atom stereocenters. The van der Waals surface area contributed by atoms with E-state index in [0.29, 0.717) is 12.8 Å². The Morgan fingerprint density at radius 3 is 2.62 bits per heavy atom. The zero-order chi connectivity index (χ0) is 10.3. The van der Waals surface area contributed by atoms with Gasteiger partial charge < -0.3 is 15.2 Å². The fraction of sp³-hybridized carbons (Fsp3) is 0.750. The van der Waals surface area contributed by atoms with Gasteiger partial charge in [0.1, 0.15) is 0 Å². The summed E-state index contributed by atoms with van der Waals surface area (Å²) in [6.07, 6.45) is -0.144. The molecule has 0 radical (unpaired) electrons. The first-order valence-corrected chi connectivity index (χ1v) is 4.21. The van der Waals surface area contributed by atoms with Crippen LogP contribution in [0.4, 0.5) is 0 Å². The quantitative estimate of drug-likeness (QED) is 0.433. The highest BCUT2D eigenvalue weighted by molar-refractivity contribution is 5.78. The zero-order valence-corrected chi connectivity index (χ0v) is 7.82. The molecule has 76 valence electrons. The van der Waals surface area contributed by atoms with E-state index < -0.39 is 18.1 Å². The summed E-state index contributed by atoms with van der Waals surface area (Å²) in [6.45, 7) is 3.60. The van der Waals surface area contributed by atoms with E-state index in [-0.39, 0.29) is 6.61 Å². The van der Waals surface area contributed by atoms with Crippen LogP contribution >= 0.6 is 0 Å². The summed E-state index contributed by atoms with van der Waals surface area (Å²) in [6, 6.07) is -0.956. The fourth-order valence-electron chi connectivity index (χ4n) is 0.877. The van der Waals surface area contributed by atoms with E-state index >= 15 is 0 Å². The van der Waals surface area contributed by atoms with Crippen LogP contribution in [0.5, 0.6) is 0 Å². The minimum Gasteiger partial charge on any atom is -0.464 e.